The van der Waals surface area contributed by atoms with E-state index in [0.717, 1.165) is 30.1 Å². The molecule has 3 heteroatoms. The van der Waals surface area contributed by atoms with E-state index in [4.69, 9.17) is 4.42 Å². The van der Waals surface area contributed by atoms with E-state index in [1.807, 2.05) is 6.07 Å². The summed E-state index contributed by atoms with van der Waals surface area (Å²) in [5, 5.41) is 0. The van der Waals surface area contributed by atoms with Gasteiger partial charge in [0.15, 0.2) is 11.5 Å². The van der Waals surface area contributed by atoms with Crippen molar-refractivity contribution in [2.24, 2.45) is 5.92 Å². The number of ketones is 1. The molecule has 1 aromatic carbocycles. The first-order chi connectivity index (χ1) is 10.2. The maximum Gasteiger partial charge on any atom is 0.197 e. The van der Waals surface area contributed by atoms with Crippen molar-refractivity contribution in [3.63, 3.8) is 0 Å². The Morgan fingerprint density at radius 2 is 1.90 bits per heavy atom. The van der Waals surface area contributed by atoms with E-state index in [9.17, 15) is 9.18 Å². The standard InChI is InChI=1S/C18H19FO2/c19-15-8-6-14(7-9-15)12-16-10-11-18(21-16)17(20)3-1-2-13-4-5-13/h6-11,13H,1-5,12H2. The summed E-state index contributed by atoms with van der Waals surface area (Å²) in [5.74, 6) is 1.89. The largest absolute Gasteiger partial charge is 0.458 e. The highest BCUT2D eigenvalue weighted by Gasteiger charge is 2.21. The lowest BCUT2D eigenvalue weighted by Crippen LogP contribution is -1.97. The predicted octanol–water partition coefficient (Wildman–Crippen LogP) is 4.77. The van der Waals surface area contributed by atoms with Crippen LogP contribution < -0.4 is 0 Å². The second-order valence-electron chi connectivity index (χ2n) is 5.83. The molecule has 0 radical (unpaired) electrons. The molecule has 1 heterocycles. The van der Waals surface area contributed by atoms with E-state index in [-0.39, 0.29) is 11.6 Å². The van der Waals surface area contributed by atoms with Crippen LogP contribution in [0.4, 0.5) is 4.39 Å². The third-order valence-corrected chi connectivity index (χ3v) is 3.94. The third kappa shape index (κ3) is 4.03. The van der Waals surface area contributed by atoms with Gasteiger partial charge < -0.3 is 4.42 Å². The molecule has 0 atom stereocenters. The van der Waals surface area contributed by atoms with Crippen LogP contribution in [0.1, 0.15) is 54.0 Å². The number of carbonyl (C=O) groups excluding carboxylic acids is 1. The van der Waals surface area contributed by atoms with E-state index in [1.54, 1.807) is 18.2 Å². The molecular weight excluding hydrogens is 267 g/mol. The lowest BCUT2D eigenvalue weighted by Gasteiger charge is -1.99. The zero-order chi connectivity index (χ0) is 14.7. The predicted molar refractivity (Wildman–Crippen MR) is 78.8 cm³/mol. The molecule has 2 aromatic rings. The summed E-state index contributed by atoms with van der Waals surface area (Å²) in [7, 11) is 0. The monoisotopic (exact) mass is 286 g/mol. The summed E-state index contributed by atoms with van der Waals surface area (Å²) >= 11 is 0. The van der Waals surface area contributed by atoms with Crippen LogP contribution in [0.25, 0.3) is 0 Å². The minimum Gasteiger partial charge on any atom is -0.458 e. The summed E-state index contributed by atoms with van der Waals surface area (Å²) in [6.07, 6.45) is 5.93. The van der Waals surface area contributed by atoms with Crippen LogP contribution in [0.3, 0.4) is 0 Å². The van der Waals surface area contributed by atoms with E-state index in [0.29, 0.717) is 18.6 Å². The Kier molecular flexibility index (Phi) is 4.18. The minimum atomic E-state index is -0.246. The van der Waals surface area contributed by atoms with Gasteiger partial charge in [0.05, 0.1) is 0 Å². The molecule has 2 nitrogen and oxygen atoms in total. The topological polar surface area (TPSA) is 30.2 Å². The maximum atomic E-state index is 12.8. The lowest BCUT2D eigenvalue weighted by molar-refractivity contribution is 0.0950. The van der Waals surface area contributed by atoms with Crippen molar-refractivity contribution in [1.29, 1.82) is 0 Å². The summed E-state index contributed by atoms with van der Waals surface area (Å²) < 4.78 is 18.5. The van der Waals surface area contributed by atoms with Crippen LogP contribution in [-0.2, 0) is 6.42 Å². The minimum absolute atomic E-state index is 0.0843. The summed E-state index contributed by atoms with van der Waals surface area (Å²) in [6, 6.07) is 9.91. The van der Waals surface area contributed by atoms with Gasteiger partial charge in [0.25, 0.3) is 0 Å². The molecule has 0 spiro atoms. The highest BCUT2D eigenvalue weighted by Crippen LogP contribution is 2.34. The van der Waals surface area contributed by atoms with Crippen molar-refractivity contribution < 1.29 is 13.6 Å². The van der Waals surface area contributed by atoms with Gasteiger partial charge >= 0.3 is 0 Å². The SMILES string of the molecule is O=C(CCCC1CC1)c1ccc(Cc2ccc(F)cc2)o1. The van der Waals surface area contributed by atoms with Crippen molar-refractivity contribution in [1.82, 2.24) is 0 Å². The zero-order valence-electron chi connectivity index (χ0n) is 12.0. The average molecular weight is 286 g/mol. The molecule has 1 fully saturated rings. The highest BCUT2D eigenvalue weighted by atomic mass is 19.1. The molecule has 1 aliphatic rings. The number of rotatable bonds is 7. The number of hydrogen-bond donors (Lipinski definition) is 0. The van der Waals surface area contributed by atoms with Crippen LogP contribution in [0, 0.1) is 11.7 Å². The number of carbonyl (C=O) groups is 1. The fourth-order valence-corrected chi connectivity index (χ4v) is 2.51. The van der Waals surface area contributed by atoms with Gasteiger partial charge in [-0.05, 0) is 42.2 Å². The molecule has 0 amide bonds. The number of hydrogen-bond acceptors (Lipinski definition) is 2. The van der Waals surface area contributed by atoms with Gasteiger partial charge in [0.1, 0.15) is 11.6 Å². The Hall–Kier alpha value is -1.90. The van der Waals surface area contributed by atoms with Crippen molar-refractivity contribution >= 4 is 5.78 Å². The van der Waals surface area contributed by atoms with Gasteiger partial charge in [0, 0.05) is 12.8 Å². The quantitative estimate of drug-likeness (QED) is 0.686. The van der Waals surface area contributed by atoms with Crippen molar-refractivity contribution in [3.8, 4) is 0 Å². The number of benzene rings is 1. The summed E-state index contributed by atoms with van der Waals surface area (Å²) in [6.45, 7) is 0. The molecule has 0 N–H and O–H groups in total. The van der Waals surface area contributed by atoms with Crippen LogP contribution in [0.15, 0.2) is 40.8 Å². The van der Waals surface area contributed by atoms with Gasteiger partial charge in [-0.3, -0.25) is 4.79 Å². The van der Waals surface area contributed by atoms with E-state index >= 15 is 0 Å². The van der Waals surface area contributed by atoms with Gasteiger partial charge in [-0.1, -0.05) is 31.4 Å². The molecule has 21 heavy (non-hydrogen) atoms. The second kappa shape index (κ2) is 6.25. The van der Waals surface area contributed by atoms with Crippen molar-refractivity contribution in [3.05, 3.63) is 59.3 Å². The Labute approximate surface area is 124 Å². The van der Waals surface area contributed by atoms with Gasteiger partial charge in [-0.2, -0.15) is 0 Å². The normalized spacial score (nSPS) is 14.3. The smallest absolute Gasteiger partial charge is 0.197 e. The summed E-state index contributed by atoms with van der Waals surface area (Å²) in [4.78, 5) is 12.0. The Morgan fingerprint density at radius 1 is 1.14 bits per heavy atom. The molecule has 1 saturated carbocycles. The molecule has 0 saturated heterocycles. The van der Waals surface area contributed by atoms with Crippen LogP contribution in [0.5, 0.6) is 0 Å². The molecule has 0 bridgehead atoms. The van der Waals surface area contributed by atoms with E-state index in [1.165, 1.54) is 25.0 Å². The van der Waals surface area contributed by atoms with Crippen LogP contribution in [-0.4, -0.2) is 5.78 Å². The zero-order valence-corrected chi connectivity index (χ0v) is 12.0. The molecule has 1 aromatic heterocycles. The average Bonchev–Trinajstić information content (AvgIpc) is 3.18. The van der Waals surface area contributed by atoms with Crippen molar-refractivity contribution in [2.45, 2.75) is 38.5 Å². The molecule has 1 aliphatic carbocycles. The number of furan rings is 1. The number of Topliss-reactive ketones (excluding diaryl/α,β-unsaturated/α-hetero) is 1. The molecule has 110 valence electrons. The highest BCUT2D eigenvalue weighted by molar-refractivity contribution is 5.93. The summed E-state index contributed by atoms with van der Waals surface area (Å²) in [5.41, 5.74) is 0.971. The second-order valence-corrected chi connectivity index (χ2v) is 5.83. The van der Waals surface area contributed by atoms with Crippen LogP contribution in [0.2, 0.25) is 0 Å². The van der Waals surface area contributed by atoms with Gasteiger partial charge in [-0.25, -0.2) is 4.39 Å². The molecular formula is C18H19FO2. The maximum absolute atomic E-state index is 12.8. The fraction of sp³-hybridized carbons (Fsp3) is 0.389. The molecule has 0 unspecified atom stereocenters. The Morgan fingerprint density at radius 3 is 2.62 bits per heavy atom. The Balaban J connectivity index is 1.54. The fourth-order valence-electron chi connectivity index (χ4n) is 2.51. The van der Waals surface area contributed by atoms with E-state index in [2.05, 4.69) is 0 Å². The van der Waals surface area contributed by atoms with Crippen LogP contribution >= 0.6 is 0 Å². The molecule has 3 rings (SSSR count). The number of halogens is 1. The molecule has 0 aliphatic heterocycles. The Bertz CT molecular complexity index is 608. The first-order valence-electron chi connectivity index (χ1n) is 7.57. The van der Waals surface area contributed by atoms with Gasteiger partial charge in [0.2, 0.25) is 0 Å². The van der Waals surface area contributed by atoms with Crippen molar-refractivity contribution in [2.75, 3.05) is 0 Å². The van der Waals surface area contributed by atoms with E-state index < -0.39 is 0 Å². The lowest BCUT2D eigenvalue weighted by atomic mass is 10.1. The first-order valence-corrected chi connectivity index (χ1v) is 7.57. The van der Waals surface area contributed by atoms with Gasteiger partial charge in [-0.15, -0.1) is 0 Å². The third-order valence-electron chi connectivity index (χ3n) is 3.94. The first kappa shape index (κ1) is 14.1.